The average Bonchev–Trinajstić information content (AvgIpc) is 2.44. The van der Waals surface area contributed by atoms with E-state index in [0.29, 0.717) is 11.1 Å². The lowest BCUT2D eigenvalue weighted by atomic mass is 10.0. The van der Waals surface area contributed by atoms with E-state index >= 15 is 0 Å². The molecule has 2 aromatic carbocycles. The van der Waals surface area contributed by atoms with Gasteiger partial charge in [0.2, 0.25) is 0 Å². The van der Waals surface area contributed by atoms with Crippen molar-refractivity contribution in [2.45, 2.75) is 19.4 Å². The van der Waals surface area contributed by atoms with Crippen molar-refractivity contribution >= 4 is 27.5 Å². The number of hydrogen-bond acceptors (Lipinski definition) is 2. The van der Waals surface area contributed by atoms with Gasteiger partial charge in [-0.25, -0.2) is 0 Å². The van der Waals surface area contributed by atoms with Gasteiger partial charge in [0.1, 0.15) is 11.5 Å². The quantitative estimate of drug-likeness (QED) is 0.758. The molecule has 0 fully saturated rings. The number of benzene rings is 2. The van der Waals surface area contributed by atoms with Gasteiger partial charge in [-0.2, -0.15) is 0 Å². The predicted molar refractivity (Wildman–Crippen MR) is 87.8 cm³/mol. The Kier molecular flexibility index (Phi) is 5.46. The van der Waals surface area contributed by atoms with Crippen LogP contribution < -0.4 is 10.1 Å². The maximum atomic E-state index is 5.93. The predicted octanol–water partition coefficient (Wildman–Crippen LogP) is 5.57. The summed E-state index contributed by atoms with van der Waals surface area (Å²) in [6.45, 7) is 2.16. The van der Waals surface area contributed by atoms with Gasteiger partial charge in [-0.15, -0.1) is 0 Å². The van der Waals surface area contributed by atoms with E-state index in [2.05, 4.69) is 40.3 Å². The lowest BCUT2D eigenvalue weighted by Gasteiger charge is -2.15. The SMILES string of the molecule is CCC(NC)c1cccc(Oc2ccc(Cl)cc2Br)c1. The molecule has 1 unspecified atom stereocenters. The highest BCUT2D eigenvalue weighted by molar-refractivity contribution is 9.10. The minimum atomic E-state index is 0.340. The molecule has 0 aromatic heterocycles. The highest BCUT2D eigenvalue weighted by atomic mass is 79.9. The summed E-state index contributed by atoms with van der Waals surface area (Å²) in [5.74, 6) is 1.57. The molecule has 2 aromatic rings. The van der Waals surface area contributed by atoms with Crippen LogP contribution in [0.3, 0.4) is 0 Å². The zero-order chi connectivity index (χ0) is 14.5. The molecular formula is C16H17BrClNO. The molecule has 0 radical (unpaired) electrons. The van der Waals surface area contributed by atoms with Crippen molar-refractivity contribution in [2.24, 2.45) is 0 Å². The van der Waals surface area contributed by atoms with Crippen LogP contribution in [0.15, 0.2) is 46.9 Å². The fourth-order valence-corrected chi connectivity index (χ4v) is 2.85. The molecule has 0 amide bonds. The van der Waals surface area contributed by atoms with Crippen molar-refractivity contribution in [1.29, 1.82) is 0 Å². The highest BCUT2D eigenvalue weighted by Crippen LogP contribution is 2.32. The molecule has 0 aliphatic heterocycles. The molecule has 106 valence electrons. The van der Waals surface area contributed by atoms with Crippen molar-refractivity contribution in [3.05, 3.63) is 57.5 Å². The maximum absolute atomic E-state index is 5.93. The summed E-state index contributed by atoms with van der Waals surface area (Å²) in [6.07, 6.45) is 1.03. The first-order valence-electron chi connectivity index (χ1n) is 6.54. The van der Waals surface area contributed by atoms with Crippen LogP contribution in [0.2, 0.25) is 5.02 Å². The normalized spacial score (nSPS) is 12.2. The Balaban J connectivity index is 2.23. The largest absolute Gasteiger partial charge is 0.456 e. The number of halogens is 2. The Morgan fingerprint density at radius 1 is 1.25 bits per heavy atom. The smallest absolute Gasteiger partial charge is 0.141 e. The van der Waals surface area contributed by atoms with Gasteiger partial charge < -0.3 is 10.1 Å². The molecule has 2 rings (SSSR count). The van der Waals surface area contributed by atoms with Crippen molar-refractivity contribution in [3.63, 3.8) is 0 Å². The van der Waals surface area contributed by atoms with E-state index in [9.17, 15) is 0 Å². The van der Waals surface area contributed by atoms with Crippen LogP contribution in [0.1, 0.15) is 24.9 Å². The van der Waals surface area contributed by atoms with Gasteiger partial charge in [-0.3, -0.25) is 0 Å². The summed E-state index contributed by atoms with van der Waals surface area (Å²) in [4.78, 5) is 0. The summed E-state index contributed by atoms with van der Waals surface area (Å²) in [5.41, 5.74) is 1.22. The van der Waals surface area contributed by atoms with Gasteiger partial charge in [-0.05, 0) is 65.3 Å². The van der Waals surface area contributed by atoms with Crippen LogP contribution in [0.4, 0.5) is 0 Å². The Bertz CT molecular complexity index is 584. The molecule has 1 atom stereocenters. The summed E-state index contributed by atoms with van der Waals surface area (Å²) in [5, 5.41) is 3.98. The van der Waals surface area contributed by atoms with Crippen LogP contribution in [0.25, 0.3) is 0 Å². The molecule has 20 heavy (non-hydrogen) atoms. The molecule has 0 aliphatic rings. The van der Waals surface area contributed by atoms with Crippen molar-refractivity contribution in [1.82, 2.24) is 5.32 Å². The molecule has 0 spiro atoms. The van der Waals surface area contributed by atoms with Crippen LogP contribution in [-0.2, 0) is 0 Å². The Morgan fingerprint density at radius 2 is 2.05 bits per heavy atom. The molecule has 1 N–H and O–H groups in total. The van der Waals surface area contributed by atoms with Gasteiger partial charge in [0.05, 0.1) is 4.47 Å². The molecule has 2 nitrogen and oxygen atoms in total. The van der Waals surface area contributed by atoms with E-state index < -0.39 is 0 Å². The molecule has 4 heteroatoms. The van der Waals surface area contributed by atoms with E-state index in [1.54, 1.807) is 0 Å². The highest BCUT2D eigenvalue weighted by Gasteiger charge is 2.09. The van der Waals surface area contributed by atoms with Crippen molar-refractivity contribution in [3.8, 4) is 11.5 Å². The molecule has 0 bridgehead atoms. The lowest BCUT2D eigenvalue weighted by Crippen LogP contribution is -2.14. The van der Waals surface area contributed by atoms with Gasteiger partial charge in [0.15, 0.2) is 0 Å². The second kappa shape index (κ2) is 7.11. The number of ether oxygens (including phenoxy) is 1. The van der Waals surface area contributed by atoms with Crippen LogP contribution >= 0.6 is 27.5 Å². The third kappa shape index (κ3) is 3.75. The zero-order valence-electron chi connectivity index (χ0n) is 11.5. The molecule has 0 saturated heterocycles. The summed E-state index contributed by atoms with van der Waals surface area (Å²) in [7, 11) is 1.97. The van der Waals surface area contributed by atoms with Crippen molar-refractivity contribution < 1.29 is 4.74 Å². The number of nitrogens with one attached hydrogen (secondary N) is 1. The second-order valence-electron chi connectivity index (χ2n) is 4.50. The Labute approximate surface area is 133 Å². The molecule has 0 heterocycles. The van der Waals surface area contributed by atoms with Crippen LogP contribution in [0, 0.1) is 0 Å². The Hall–Kier alpha value is -1.03. The standard InChI is InChI=1S/C16H17BrClNO/c1-3-15(19-2)11-5-4-6-13(9-11)20-16-8-7-12(18)10-14(16)17/h4-10,15,19H,3H2,1-2H3. The van der Waals surface area contributed by atoms with Crippen molar-refractivity contribution in [2.75, 3.05) is 7.05 Å². The Morgan fingerprint density at radius 3 is 2.70 bits per heavy atom. The summed E-state index contributed by atoms with van der Waals surface area (Å²) >= 11 is 9.39. The van der Waals surface area contributed by atoms with E-state index in [1.807, 2.05) is 37.4 Å². The monoisotopic (exact) mass is 353 g/mol. The second-order valence-corrected chi connectivity index (χ2v) is 5.79. The topological polar surface area (TPSA) is 21.3 Å². The van der Waals surface area contributed by atoms with E-state index in [1.165, 1.54) is 5.56 Å². The summed E-state index contributed by atoms with van der Waals surface area (Å²) in [6, 6.07) is 14.0. The van der Waals surface area contributed by atoms with E-state index in [4.69, 9.17) is 16.3 Å². The first-order valence-corrected chi connectivity index (χ1v) is 7.71. The zero-order valence-corrected chi connectivity index (χ0v) is 13.8. The van der Waals surface area contributed by atoms with Gasteiger partial charge >= 0.3 is 0 Å². The first kappa shape index (κ1) is 15.4. The van der Waals surface area contributed by atoms with Gasteiger partial charge in [0.25, 0.3) is 0 Å². The maximum Gasteiger partial charge on any atom is 0.141 e. The first-order chi connectivity index (χ1) is 9.63. The van der Waals surface area contributed by atoms with Crippen LogP contribution in [-0.4, -0.2) is 7.05 Å². The van der Waals surface area contributed by atoms with Gasteiger partial charge in [-0.1, -0.05) is 30.7 Å². The molecule has 0 aliphatic carbocycles. The number of rotatable bonds is 5. The minimum Gasteiger partial charge on any atom is -0.456 e. The third-order valence-electron chi connectivity index (χ3n) is 3.14. The van der Waals surface area contributed by atoms with Crippen LogP contribution in [0.5, 0.6) is 11.5 Å². The molecule has 0 saturated carbocycles. The van der Waals surface area contributed by atoms with Gasteiger partial charge in [0, 0.05) is 11.1 Å². The molecular weight excluding hydrogens is 338 g/mol. The van der Waals surface area contributed by atoms with E-state index in [0.717, 1.165) is 22.4 Å². The van der Waals surface area contributed by atoms with E-state index in [-0.39, 0.29) is 0 Å². The minimum absolute atomic E-state index is 0.340. The summed E-state index contributed by atoms with van der Waals surface area (Å²) < 4.78 is 6.75. The average molecular weight is 355 g/mol. The lowest BCUT2D eigenvalue weighted by molar-refractivity contribution is 0.476. The fourth-order valence-electron chi connectivity index (χ4n) is 2.09. The third-order valence-corrected chi connectivity index (χ3v) is 3.99. The number of hydrogen-bond donors (Lipinski definition) is 1. The fraction of sp³-hybridized carbons (Fsp3) is 0.250.